The van der Waals surface area contributed by atoms with E-state index in [4.69, 9.17) is 0 Å². The monoisotopic (exact) mass is 317 g/mol. The van der Waals surface area contributed by atoms with Crippen molar-refractivity contribution >= 4 is 5.95 Å². The van der Waals surface area contributed by atoms with E-state index in [1.54, 1.807) is 0 Å². The minimum Gasteiger partial charge on any atom is -0.339 e. The fourth-order valence-electron chi connectivity index (χ4n) is 3.95. The predicted molar refractivity (Wildman–Crippen MR) is 94.7 cm³/mol. The second-order valence-corrected chi connectivity index (χ2v) is 7.14. The van der Waals surface area contributed by atoms with Gasteiger partial charge in [0.25, 0.3) is 0 Å². The quantitative estimate of drug-likeness (QED) is 0.873. The van der Waals surface area contributed by atoms with Gasteiger partial charge in [-0.3, -0.25) is 0 Å². The first-order valence-corrected chi connectivity index (χ1v) is 9.32. The van der Waals surface area contributed by atoms with E-state index < -0.39 is 0 Å². The third-order valence-corrected chi connectivity index (χ3v) is 5.08. The third-order valence-electron chi connectivity index (χ3n) is 5.08. The van der Waals surface area contributed by atoms with Crippen LogP contribution in [0.25, 0.3) is 0 Å². The van der Waals surface area contributed by atoms with Crippen molar-refractivity contribution in [2.24, 2.45) is 0 Å². The molecule has 3 rings (SSSR count). The lowest BCUT2D eigenvalue weighted by Gasteiger charge is -2.35. The van der Waals surface area contributed by atoms with Crippen molar-refractivity contribution in [1.29, 1.82) is 0 Å². The second-order valence-electron chi connectivity index (χ2n) is 7.14. The molecule has 0 amide bonds. The number of nitrogens with zero attached hydrogens (tertiary/aromatic N) is 3. The molecule has 0 saturated carbocycles. The number of aromatic nitrogens is 2. The predicted octanol–water partition coefficient (Wildman–Crippen LogP) is 2.35. The fraction of sp³-hybridized carbons (Fsp3) is 0.778. The molecule has 0 spiro atoms. The lowest BCUT2D eigenvalue weighted by molar-refractivity contribution is 0.340. The van der Waals surface area contributed by atoms with E-state index in [2.05, 4.69) is 32.4 Å². The molecule has 0 aliphatic carbocycles. The van der Waals surface area contributed by atoms with Gasteiger partial charge in [0.05, 0.1) is 0 Å². The highest BCUT2D eigenvalue weighted by molar-refractivity contribution is 5.29. The van der Waals surface area contributed by atoms with Crippen LogP contribution in [-0.2, 0) is 0 Å². The summed E-state index contributed by atoms with van der Waals surface area (Å²) in [6, 6.07) is 3.68. The standard InChI is InChI=1S/C18H31N5/c1-15(13-16-7-3-2-4-9-19-16)22-17-8-5-12-23(14-17)18-20-10-6-11-21-18/h6,10-11,15-17,19,22H,2-5,7-9,12-14H2,1H3. The highest BCUT2D eigenvalue weighted by atomic mass is 15.3. The lowest BCUT2D eigenvalue weighted by Crippen LogP contribution is -2.50. The molecule has 3 heterocycles. The zero-order valence-corrected chi connectivity index (χ0v) is 14.4. The number of anilines is 1. The van der Waals surface area contributed by atoms with Gasteiger partial charge in [-0.2, -0.15) is 0 Å². The van der Waals surface area contributed by atoms with Crippen LogP contribution in [0.4, 0.5) is 5.95 Å². The van der Waals surface area contributed by atoms with Crippen molar-refractivity contribution in [2.75, 3.05) is 24.5 Å². The van der Waals surface area contributed by atoms with Crippen LogP contribution in [0, 0.1) is 0 Å². The van der Waals surface area contributed by atoms with Crippen LogP contribution in [0.3, 0.4) is 0 Å². The fourth-order valence-corrected chi connectivity index (χ4v) is 3.95. The summed E-state index contributed by atoms with van der Waals surface area (Å²) < 4.78 is 0. The molecule has 3 unspecified atom stereocenters. The summed E-state index contributed by atoms with van der Waals surface area (Å²) in [5.74, 6) is 0.872. The summed E-state index contributed by atoms with van der Waals surface area (Å²) in [5, 5.41) is 7.56. The minimum absolute atomic E-state index is 0.549. The smallest absolute Gasteiger partial charge is 0.225 e. The molecule has 2 aliphatic rings. The molecule has 2 N–H and O–H groups in total. The molecule has 0 aromatic carbocycles. The van der Waals surface area contributed by atoms with E-state index in [-0.39, 0.29) is 0 Å². The maximum atomic E-state index is 4.40. The van der Waals surface area contributed by atoms with E-state index in [0.29, 0.717) is 18.1 Å². The maximum Gasteiger partial charge on any atom is 0.225 e. The van der Waals surface area contributed by atoms with E-state index in [9.17, 15) is 0 Å². The summed E-state index contributed by atoms with van der Waals surface area (Å²) in [6.07, 6.45) is 12.8. The topological polar surface area (TPSA) is 53.1 Å². The summed E-state index contributed by atoms with van der Waals surface area (Å²) in [5.41, 5.74) is 0. The molecular formula is C18H31N5. The minimum atomic E-state index is 0.549. The normalized spacial score (nSPS) is 27.4. The largest absolute Gasteiger partial charge is 0.339 e. The van der Waals surface area contributed by atoms with Crippen molar-refractivity contribution in [3.8, 4) is 0 Å². The zero-order valence-electron chi connectivity index (χ0n) is 14.4. The number of nitrogens with one attached hydrogen (secondary N) is 2. The molecule has 2 fully saturated rings. The van der Waals surface area contributed by atoms with Crippen molar-refractivity contribution in [1.82, 2.24) is 20.6 Å². The van der Waals surface area contributed by atoms with Crippen molar-refractivity contribution < 1.29 is 0 Å². The number of rotatable bonds is 5. The van der Waals surface area contributed by atoms with Gasteiger partial charge in [0.1, 0.15) is 0 Å². The van der Waals surface area contributed by atoms with Crippen LogP contribution in [0.2, 0.25) is 0 Å². The van der Waals surface area contributed by atoms with E-state index >= 15 is 0 Å². The Balaban J connectivity index is 1.47. The van der Waals surface area contributed by atoms with Crippen molar-refractivity contribution in [3.05, 3.63) is 18.5 Å². The summed E-state index contributed by atoms with van der Waals surface area (Å²) >= 11 is 0. The molecule has 1 aromatic heterocycles. The molecule has 128 valence electrons. The Kier molecular flexibility index (Phi) is 6.22. The third kappa shape index (κ3) is 5.15. The molecule has 5 heteroatoms. The van der Waals surface area contributed by atoms with Gasteiger partial charge in [0.2, 0.25) is 5.95 Å². The van der Waals surface area contributed by atoms with Crippen LogP contribution in [0.15, 0.2) is 18.5 Å². The molecular weight excluding hydrogens is 286 g/mol. The Bertz CT molecular complexity index is 444. The Labute approximate surface area is 140 Å². The first-order valence-electron chi connectivity index (χ1n) is 9.32. The van der Waals surface area contributed by atoms with Crippen molar-refractivity contribution in [3.63, 3.8) is 0 Å². The summed E-state index contributed by atoms with van der Waals surface area (Å²) in [7, 11) is 0. The van der Waals surface area contributed by atoms with Crippen LogP contribution in [0.5, 0.6) is 0 Å². The Morgan fingerprint density at radius 1 is 1.22 bits per heavy atom. The number of piperidine rings is 1. The molecule has 3 atom stereocenters. The van der Waals surface area contributed by atoms with Gasteiger partial charge in [-0.15, -0.1) is 0 Å². The van der Waals surface area contributed by atoms with Gasteiger partial charge < -0.3 is 15.5 Å². The van der Waals surface area contributed by atoms with Crippen LogP contribution < -0.4 is 15.5 Å². The van der Waals surface area contributed by atoms with Gasteiger partial charge in [-0.25, -0.2) is 9.97 Å². The highest BCUT2D eigenvalue weighted by Gasteiger charge is 2.23. The molecule has 1 aromatic rings. The van der Waals surface area contributed by atoms with Crippen LogP contribution in [-0.4, -0.2) is 47.7 Å². The highest BCUT2D eigenvalue weighted by Crippen LogP contribution is 2.17. The average molecular weight is 317 g/mol. The van der Waals surface area contributed by atoms with Gasteiger partial charge in [0.15, 0.2) is 0 Å². The molecule has 5 nitrogen and oxygen atoms in total. The maximum absolute atomic E-state index is 4.40. The molecule has 2 aliphatic heterocycles. The average Bonchev–Trinajstić information content (AvgIpc) is 2.84. The Hall–Kier alpha value is -1.20. The Morgan fingerprint density at radius 2 is 2.09 bits per heavy atom. The van der Waals surface area contributed by atoms with E-state index in [0.717, 1.165) is 19.0 Å². The first-order chi connectivity index (χ1) is 11.3. The first kappa shape index (κ1) is 16.7. The van der Waals surface area contributed by atoms with Gasteiger partial charge in [-0.05, 0) is 51.6 Å². The van der Waals surface area contributed by atoms with Crippen LogP contribution >= 0.6 is 0 Å². The number of hydrogen-bond acceptors (Lipinski definition) is 5. The molecule has 0 radical (unpaired) electrons. The second kappa shape index (κ2) is 8.60. The van der Waals surface area contributed by atoms with Crippen molar-refractivity contribution in [2.45, 2.75) is 70.0 Å². The van der Waals surface area contributed by atoms with E-state index in [1.807, 2.05) is 18.5 Å². The van der Waals surface area contributed by atoms with Gasteiger partial charge >= 0.3 is 0 Å². The van der Waals surface area contributed by atoms with E-state index in [1.165, 1.54) is 51.5 Å². The summed E-state index contributed by atoms with van der Waals surface area (Å²) in [4.78, 5) is 11.1. The zero-order chi connectivity index (χ0) is 15.9. The summed E-state index contributed by atoms with van der Waals surface area (Å²) in [6.45, 7) is 5.62. The lowest BCUT2D eigenvalue weighted by atomic mass is 10.0. The van der Waals surface area contributed by atoms with Crippen LogP contribution in [0.1, 0.15) is 51.9 Å². The number of hydrogen-bond donors (Lipinski definition) is 2. The van der Waals surface area contributed by atoms with Gasteiger partial charge in [-0.1, -0.05) is 12.8 Å². The molecule has 23 heavy (non-hydrogen) atoms. The molecule has 0 bridgehead atoms. The van der Waals surface area contributed by atoms with Gasteiger partial charge in [0, 0.05) is 43.6 Å². The Morgan fingerprint density at radius 3 is 2.96 bits per heavy atom. The SMILES string of the molecule is CC(CC1CCCCCN1)NC1CCCN(c2ncccn2)C1. The molecule has 2 saturated heterocycles.